The van der Waals surface area contributed by atoms with Crippen molar-refractivity contribution in [2.45, 2.75) is 19.6 Å². The van der Waals surface area contributed by atoms with Gasteiger partial charge in [-0.1, -0.05) is 12.1 Å². The van der Waals surface area contributed by atoms with Gasteiger partial charge in [-0.3, -0.25) is 4.90 Å². The van der Waals surface area contributed by atoms with Gasteiger partial charge in [-0.15, -0.1) is 0 Å². The zero-order valence-electron chi connectivity index (χ0n) is 10.5. The van der Waals surface area contributed by atoms with Crippen LogP contribution in [-0.2, 0) is 19.6 Å². The first-order chi connectivity index (χ1) is 8.85. The van der Waals surface area contributed by atoms with Gasteiger partial charge in [-0.2, -0.15) is 0 Å². The Balaban J connectivity index is 1.67. The average Bonchev–Trinajstić information content (AvgIpc) is 2.87. The zero-order chi connectivity index (χ0) is 12.4. The number of imidazole rings is 1. The Hall–Kier alpha value is -1.81. The van der Waals surface area contributed by atoms with Gasteiger partial charge in [0.25, 0.3) is 0 Å². The molecule has 2 aromatic rings. The van der Waals surface area contributed by atoms with Crippen LogP contribution in [0, 0.1) is 0 Å². The van der Waals surface area contributed by atoms with Gasteiger partial charge >= 0.3 is 0 Å². The molecule has 0 unspecified atom stereocenters. The molecule has 0 N–H and O–H groups in total. The number of benzene rings is 1. The Morgan fingerprint density at radius 1 is 1.22 bits per heavy atom. The SMILES string of the molecule is COc1ccc(CN2CCn3cncc3C2)cc1. The molecule has 2 heterocycles. The lowest BCUT2D eigenvalue weighted by Crippen LogP contribution is -2.32. The fraction of sp³-hybridized carbons (Fsp3) is 0.357. The van der Waals surface area contributed by atoms with E-state index in [1.54, 1.807) is 7.11 Å². The van der Waals surface area contributed by atoms with E-state index >= 15 is 0 Å². The molecule has 0 amide bonds. The first-order valence-corrected chi connectivity index (χ1v) is 6.19. The second-order valence-electron chi connectivity index (χ2n) is 4.64. The molecule has 4 heteroatoms. The van der Waals surface area contributed by atoms with E-state index in [1.807, 2.05) is 24.7 Å². The third kappa shape index (κ3) is 2.24. The number of rotatable bonds is 3. The van der Waals surface area contributed by atoms with Crippen molar-refractivity contribution in [1.82, 2.24) is 14.5 Å². The summed E-state index contributed by atoms with van der Waals surface area (Å²) in [6.07, 6.45) is 3.88. The van der Waals surface area contributed by atoms with Gasteiger partial charge in [0.1, 0.15) is 5.75 Å². The summed E-state index contributed by atoms with van der Waals surface area (Å²) in [6, 6.07) is 8.29. The van der Waals surface area contributed by atoms with E-state index < -0.39 is 0 Å². The number of fused-ring (bicyclic) bond motifs is 1. The van der Waals surface area contributed by atoms with Crippen LogP contribution in [0.4, 0.5) is 0 Å². The summed E-state index contributed by atoms with van der Waals surface area (Å²) < 4.78 is 7.40. The van der Waals surface area contributed by atoms with Crippen LogP contribution in [0.15, 0.2) is 36.8 Å². The highest BCUT2D eigenvalue weighted by Gasteiger charge is 2.15. The molecule has 18 heavy (non-hydrogen) atoms. The highest BCUT2D eigenvalue weighted by Crippen LogP contribution is 2.16. The maximum Gasteiger partial charge on any atom is 0.118 e. The van der Waals surface area contributed by atoms with Crippen LogP contribution < -0.4 is 4.74 Å². The molecule has 0 saturated heterocycles. The lowest BCUT2D eigenvalue weighted by Gasteiger charge is -2.27. The van der Waals surface area contributed by atoms with E-state index in [0.29, 0.717) is 0 Å². The third-order valence-electron chi connectivity index (χ3n) is 3.41. The summed E-state index contributed by atoms with van der Waals surface area (Å²) in [5, 5.41) is 0. The van der Waals surface area contributed by atoms with Gasteiger partial charge < -0.3 is 9.30 Å². The highest BCUT2D eigenvalue weighted by molar-refractivity contribution is 5.27. The van der Waals surface area contributed by atoms with Crippen molar-refractivity contribution in [3.05, 3.63) is 48.0 Å². The summed E-state index contributed by atoms with van der Waals surface area (Å²) in [5.41, 5.74) is 2.62. The lowest BCUT2D eigenvalue weighted by molar-refractivity contribution is 0.213. The molecule has 0 atom stereocenters. The van der Waals surface area contributed by atoms with Crippen LogP contribution >= 0.6 is 0 Å². The summed E-state index contributed by atoms with van der Waals surface area (Å²) in [6.45, 7) is 4.07. The summed E-state index contributed by atoms with van der Waals surface area (Å²) >= 11 is 0. The highest BCUT2D eigenvalue weighted by atomic mass is 16.5. The molecule has 3 rings (SSSR count). The second-order valence-corrected chi connectivity index (χ2v) is 4.64. The van der Waals surface area contributed by atoms with Crippen LogP contribution in [-0.4, -0.2) is 28.1 Å². The largest absolute Gasteiger partial charge is 0.497 e. The van der Waals surface area contributed by atoms with Gasteiger partial charge in [-0.05, 0) is 17.7 Å². The van der Waals surface area contributed by atoms with Crippen molar-refractivity contribution in [2.24, 2.45) is 0 Å². The Labute approximate surface area is 107 Å². The lowest BCUT2D eigenvalue weighted by atomic mass is 10.2. The second kappa shape index (κ2) is 4.82. The molecule has 0 spiro atoms. The predicted octanol–water partition coefficient (Wildman–Crippen LogP) is 1.91. The minimum absolute atomic E-state index is 0.912. The van der Waals surface area contributed by atoms with Crippen molar-refractivity contribution in [3.63, 3.8) is 0 Å². The number of aromatic nitrogens is 2. The first kappa shape index (κ1) is 11.3. The fourth-order valence-electron chi connectivity index (χ4n) is 2.36. The van der Waals surface area contributed by atoms with Crippen molar-refractivity contribution in [2.75, 3.05) is 13.7 Å². The number of ether oxygens (including phenoxy) is 1. The van der Waals surface area contributed by atoms with Crippen LogP contribution in [0.1, 0.15) is 11.3 Å². The number of hydrogen-bond donors (Lipinski definition) is 0. The summed E-state index contributed by atoms with van der Waals surface area (Å²) in [5.74, 6) is 0.912. The first-order valence-electron chi connectivity index (χ1n) is 6.19. The van der Waals surface area contributed by atoms with E-state index in [4.69, 9.17) is 4.74 Å². The number of methoxy groups -OCH3 is 1. The summed E-state index contributed by atoms with van der Waals surface area (Å²) in [4.78, 5) is 6.63. The predicted molar refractivity (Wildman–Crippen MR) is 69.3 cm³/mol. The Kier molecular flexibility index (Phi) is 3.02. The molecule has 0 radical (unpaired) electrons. The van der Waals surface area contributed by atoms with E-state index in [9.17, 15) is 0 Å². The molecule has 1 aromatic heterocycles. The van der Waals surface area contributed by atoms with E-state index in [0.717, 1.165) is 31.9 Å². The molecule has 0 bridgehead atoms. The Morgan fingerprint density at radius 2 is 2.06 bits per heavy atom. The minimum atomic E-state index is 0.912. The van der Waals surface area contributed by atoms with Crippen LogP contribution in [0.25, 0.3) is 0 Å². The topological polar surface area (TPSA) is 30.3 Å². The monoisotopic (exact) mass is 243 g/mol. The van der Waals surface area contributed by atoms with Gasteiger partial charge in [-0.25, -0.2) is 4.98 Å². The average molecular weight is 243 g/mol. The van der Waals surface area contributed by atoms with Gasteiger partial charge in [0.15, 0.2) is 0 Å². The molecule has 94 valence electrons. The third-order valence-corrected chi connectivity index (χ3v) is 3.41. The zero-order valence-corrected chi connectivity index (χ0v) is 10.5. The van der Waals surface area contributed by atoms with Gasteiger partial charge in [0, 0.05) is 32.4 Å². The van der Waals surface area contributed by atoms with E-state index in [-0.39, 0.29) is 0 Å². The van der Waals surface area contributed by atoms with Gasteiger partial charge in [0.05, 0.1) is 19.1 Å². The Morgan fingerprint density at radius 3 is 2.83 bits per heavy atom. The molecule has 1 aromatic carbocycles. The van der Waals surface area contributed by atoms with Crippen molar-refractivity contribution in [3.8, 4) is 5.75 Å². The molecule has 1 aliphatic rings. The van der Waals surface area contributed by atoms with Gasteiger partial charge in [0.2, 0.25) is 0 Å². The van der Waals surface area contributed by atoms with Crippen molar-refractivity contribution in [1.29, 1.82) is 0 Å². The molecular weight excluding hydrogens is 226 g/mol. The molecule has 1 aliphatic heterocycles. The maximum absolute atomic E-state index is 5.17. The molecular formula is C14H17N3O. The smallest absolute Gasteiger partial charge is 0.118 e. The minimum Gasteiger partial charge on any atom is -0.497 e. The molecule has 0 saturated carbocycles. The van der Waals surface area contributed by atoms with Crippen LogP contribution in [0.3, 0.4) is 0 Å². The summed E-state index contributed by atoms with van der Waals surface area (Å²) in [7, 11) is 1.70. The number of nitrogens with zero attached hydrogens (tertiary/aromatic N) is 3. The molecule has 4 nitrogen and oxygen atoms in total. The van der Waals surface area contributed by atoms with E-state index in [2.05, 4.69) is 26.6 Å². The maximum atomic E-state index is 5.17. The Bertz CT molecular complexity index is 518. The molecule has 0 fully saturated rings. The standard InChI is InChI=1S/C14H17N3O/c1-18-14-4-2-12(3-5-14)9-16-6-7-17-11-15-8-13(17)10-16/h2-5,8,11H,6-7,9-10H2,1H3. The van der Waals surface area contributed by atoms with Crippen LogP contribution in [0.5, 0.6) is 5.75 Å². The van der Waals surface area contributed by atoms with E-state index in [1.165, 1.54) is 11.3 Å². The quantitative estimate of drug-likeness (QED) is 0.825. The number of hydrogen-bond acceptors (Lipinski definition) is 3. The van der Waals surface area contributed by atoms with Crippen molar-refractivity contribution >= 4 is 0 Å². The molecule has 0 aliphatic carbocycles. The normalized spacial score (nSPS) is 15.4. The van der Waals surface area contributed by atoms with Crippen molar-refractivity contribution < 1.29 is 4.74 Å². The van der Waals surface area contributed by atoms with Crippen LogP contribution in [0.2, 0.25) is 0 Å². The fourth-order valence-corrected chi connectivity index (χ4v) is 2.36.